The number of rotatable bonds is 10. The van der Waals surface area contributed by atoms with Gasteiger partial charge in [-0.25, -0.2) is 0 Å². The molecule has 17 heavy (non-hydrogen) atoms. The van der Waals surface area contributed by atoms with Gasteiger partial charge in [0.2, 0.25) is 0 Å². The van der Waals surface area contributed by atoms with E-state index in [1.807, 2.05) is 13.8 Å². The van der Waals surface area contributed by atoms with Gasteiger partial charge in [-0.05, 0) is 32.6 Å². The van der Waals surface area contributed by atoms with E-state index >= 15 is 0 Å². The third-order valence-corrected chi connectivity index (χ3v) is 2.45. The molecule has 0 aliphatic rings. The highest BCUT2D eigenvalue weighted by Gasteiger charge is 1.89. The first-order valence-electron chi connectivity index (χ1n) is 7.28. The molecular formula is C16H32O. The zero-order valence-corrected chi connectivity index (χ0v) is 12.1. The molecule has 0 saturated heterocycles. The van der Waals surface area contributed by atoms with Crippen molar-refractivity contribution in [3.8, 4) is 0 Å². The third-order valence-electron chi connectivity index (χ3n) is 2.45. The van der Waals surface area contributed by atoms with E-state index in [2.05, 4.69) is 31.2 Å². The van der Waals surface area contributed by atoms with Crippen LogP contribution in [-0.2, 0) is 0 Å². The summed E-state index contributed by atoms with van der Waals surface area (Å²) in [7, 11) is 0. The molecule has 0 aliphatic carbocycles. The van der Waals surface area contributed by atoms with Gasteiger partial charge in [-0.2, -0.15) is 0 Å². The lowest BCUT2D eigenvalue weighted by Crippen LogP contribution is -1.83. The standard InChI is InChI=1S/C14H26O.C2H6/c1-2-3-4-5-6-7-8-9-10-11-12-13-14-15;1-2/h2-3,5-6,15H,4,7-14H2,1H3;1-2H3/b3-2-,6-5-;. The van der Waals surface area contributed by atoms with Gasteiger partial charge in [0.05, 0.1) is 0 Å². The van der Waals surface area contributed by atoms with E-state index < -0.39 is 0 Å². The predicted octanol–water partition coefficient (Wildman–Crippen LogP) is 5.26. The van der Waals surface area contributed by atoms with E-state index in [9.17, 15) is 0 Å². The van der Waals surface area contributed by atoms with Crippen molar-refractivity contribution in [1.29, 1.82) is 0 Å². The Kier molecular flexibility index (Phi) is 23.0. The van der Waals surface area contributed by atoms with Gasteiger partial charge in [-0.15, -0.1) is 0 Å². The van der Waals surface area contributed by atoms with E-state index in [1.165, 1.54) is 38.5 Å². The Hall–Kier alpha value is -0.560. The summed E-state index contributed by atoms with van der Waals surface area (Å²) in [6.45, 7) is 6.41. The van der Waals surface area contributed by atoms with Crippen LogP contribution in [0.1, 0.15) is 72.1 Å². The molecule has 0 aliphatic heterocycles. The van der Waals surface area contributed by atoms with Crippen LogP contribution in [0.5, 0.6) is 0 Å². The molecule has 0 spiro atoms. The van der Waals surface area contributed by atoms with Gasteiger partial charge in [0.15, 0.2) is 0 Å². The van der Waals surface area contributed by atoms with E-state index in [0.717, 1.165) is 12.8 Å². The molecule has 0 aromatic heterocycles. The lowest BCUT2D eigenvalue weighted by atomic mass is 10.1. The Morgan fingerprint density at radius 3 is 1.94 bits per heavy atom. The molecule has 0 heterocycles. The van der Waals surface area contributed by atoms with Crippen LogP contribution in [0.15, 0.2) is 24.3 Å². The fourth-order valence-corrected chi connectivity index (χ4v) is 1.51. The van der Waals surface area contributed by atoms with Crippen LogP contribution in [0.2, 0.25) is 0 Å². The maximum atomic E-state index is 8.60. The normalized spacial score (nSPS) is 10.8. The smallest absolute Gasteiger partial charge is 0.0431 e. The lowest BCUT2D eigenvalue weighted by Gasteiger charge is -1.98. The largest absolute Gasteiger partial charge is 0.396 e. The topological polar surface area (TPSA) is 20.2 Å². The second-order valence-electron chi connectivity index (χ2n) is 3.91. The maximum absolute atomic E-state index is 8.60. The van der Waals surface area contributed by atoms with Gasteiger partial charge in [-0.1, -0.05) is 63.8 Å². The summed E-state index contributed by atoms with van der Waals surface area (Å²) in [4.78, 5) is 0. The van der Waals surface area contributed by atoms with Gasteiger partial charge in [0, 0.05) is 6.61 Å². The molecule has 1 nitrogen and oxygen atoms in total. The molecule has 0 aromatic rings. The molecule has 0 unspecified atom stereocenters. The SMILES string of the molecule is C/C=C\C/C=C\CCCCCCCCO.CC. The monoisotopic (exact) mass is 240 g/mol. The molecule has 0 bridgehead atoms. The summed E-state index contributed by atoms with van der Waals surface area (Å²) in [5, 5.41) is 8.60. The van der Waals surface area contributed by atoms with Crippen molar-refractivity contribution in [1.82, 2.24) is 0 Å². The summed E-state index contributed by atoms with van der Waals surface area (Å²) in [6, 6.07) is 0. The van der Waals surface area contributed by atoms with Crippen molar-refractivity contribution < 1.29 is 5.11 Å². The van der Waals surface area contributed by atoms with Crippen LogP contribution in [-0.4, -0.2) is 11.7 Å². The Labute approximate surface area is 109 Å². The first-order valence-corrected chi connectivity index (χ1v) is 7.28. The van der Waals surface area contributed by atoms with Gasteiger partial charge >= 0.3 is 0 Å². The number of allylic oxidation sites excluding steroid dienone is 4. The number of aliphatic hydroxyl groups excluding tert-OH is 1. The van der Waals surface area contributed by atoms with Gasteiger partial charge in [-0.3, -0.25) is 0 Å². The summed E-state index contributed by atoms with van der Waals surface area (Å²) in [5.74, 6) is 0. The lowest BCUT2D eigenvalue weighted by molar-refractivity contribution is 0.282. The van der Waals surface area contributed by atoms with Crippen LogP contribution in [0.3, 0.4) is 0 Å². The van der Waals surface area contributed by atoms with Crippen molar-refractivity contribution in [2.45, 2.75) is 72.1 Å². The van der Waals surface area contributed by atoms with E-state index in [1.54, 1.807) is 0 Å². The Bertz CT molecular complexity index is 159. The molecule has 0 aromatic carbocycles. The van der Waals surface area contributed by atoms with Crippen LogP contribution in [0.25, 0.3) is 0 Å². The van der Waals surface area contributed by atoms with Gasteiger partial charge in [0.25, 0.3) is 0 Å². The summed E-state index contributed by atoms with van der Waals surface area (Å²) >= 11 is 0. The minimum atomic E-state index is 0.355. The van der Waals surface area contributed by atoms with Crippen molar-refractivity contribution in [3.63, 3.8) is 0 Å². The first kappa shape index (κ1) is 18.8. The van der Waals surface area contributed by atoms with E-state index in [4.69, 9.17) is 5.11 Å². The molecule has 0 fully saturated rings. The molecular weight excluding hydrogens is 208 g/mol. The Morgan fingerprint density at radius 2 is 1.35 bits per heavy atom. The molecule has 0 amide bonds. The average molecular weight is 240 g/mol. The van der Waals surface area contributed by atoms with Crippen LogP contribution >= 0.6 is 0 Å². The van der Waals surface area contributed by atoms with Crippen LogP contribution in [0.4, 0.5) is 0 Å². The molecule has 0 rings (SSSR count). The fourth-order valence-electron chi connectivity index (χ4n) is 1.51. The van der Waals surface area contributed by atoms with Crippen molar-refractivity contribution >= 4 is 0 Å². The minimum absolute atomic E-state index is 0.355. The Morgan fingerprint density at radius 1 is 0.765 bits per heavy atom. The van der Waals surface area contributed by atoms with E-state index in [-0.39, 0.29) is 0 Å². The number of hydrogen-bond acceptors (Lipinski definition) is 1. The predicted molar refractivity (Wildman–Crippen MR) is 79.3 cm³/mol. The summed E-state index contributed by atoms with van der Waals surface area (Å²) in [5.41, 5.74) is 0. The number of aliphatic hydroxyl groups is 1. The van der Waals surface area contributed by atoms with Gasteiger partial charge in [0.1, 0.15) is 0 Å². The zero-order chi connectivity index (χ0) is 13.2. The second kappa shape index (κ2) is 20.8. The first-order chi connectivity index (χ1) is 8.41. The van der Waals surface area contributed by atoms with Crippen LogP contribution in [0, 0.1) is 0 Å². The Balaban J connectivity index is 0. The average Bonchev–Trinajstić information content (AvgIpc) is 2.38. The minimum Gasteiger partial charge on any atom is -0.396 e. The molecule has 1 heteroatoms. The molecule has 102 valence electrons. The van der Waals surface area contributed by atoms with E-state index in [0.29, 0.717) is 6.61 Å². The number of hydrogen-bond donors (Lipinski definition) is 1. The van der Waals surface area contributed by atoms with Crippen molar-refractivity contribution in [2.24, 2.45) is 0 Å². The molecule has 0 saturated carbocycles. The highest BCUT2D eigenvalue weighted by Crippen LogP contribution is 2.07. The fraction of sp³-hybridized carbons (Fsp3) is 0.750. The molecule has 0 radical (unpaired) electrons. The molecule has 1 N–H and O–H groups in total. The zero-order valence-electron chi connectivity index (χ0n) is 12.1. The molecule has 0 atom stereocenters. The highest BCUT2D eigenvalue weighted by molar-refractivity contribution is 4.91. The van der Waals surface area contributed by atoms with Gasteiger partial charge < -0.3 is 5.11 Å². The maximum Gasteiger partial charge on any atom is 0.0431 e. The third kappa shape index (κ3) is 21.3. The summed E-state index contributed by atoms with van der Waals surface area (Å²) < 4.78 is 0. The second-order valence-corrected chi connectivity index (χ2v) is 3.91. The quantitative estimate of drug-likeness (QED) is 0.408. The van der Waals surface area contributed by atoms with Crippen molar-refractivity contribution in [2.75, 3.05) is 6.61 Å². The number of unbranched alkanes of at least 4 members (excludes halogenated alkanes) is 6. The van der Waals surface area contributed by atoms with Crippen molar-refractivity contribution in [3.05, 3.63) is 24.3 Å². The van der Waals surface area contributed by atoms with Crippen LogP contribution < -0.4 is 0 Å². The summed E-state index contributed by atoms with van der Waals surface area (Å²) in [6.07, 6.45) is 18.5. The highest BCUT2D eigenvalue weighted by atomic mass is 16.2.